The number of nitrogens with zero attached hydrogens (tertiary/aromatic N) is 1. The predicted octanol–water partition coefficient (Wildman–Crippen LogP) is -0.585. The number of carbonyl (C=O) groups excluding carboxylic acids is 1. The van der Waals surface area contributed by atoms with Crippen molar-refractivity contribution in [2.24, 2.45) is 0 Å². The third-order valence-corrected chi connectivity index (χ3v) is 2.90. The fourth-order valence-corrected chi connectivity index (χ4v) is 1.70. The molecule has 0 atom stereocenters. The Morgan fingerprint density at radius 2 is 2.38 bits per heavy atom. The molecule has 1 saturated carbocycles. The Morgan fingerprint density at radius 1 is 1.62 bits per heavy atom. The van der Waals surface area contributed by atoms with Crippen LogP contribution in [0.2, 0.25) is 0 Å². The third kappa shape index (κ3) is 1.96. The summed E-state index contributed by atoms with van der Waals surface area (Å²) in [5.74, 6) is -0.370. The molecule has 1 aromatic rings. The van der Waals surface area contributed by atoms with Crippen LogP contribution in [0.1, 0.15) is 29.8 Å². The van der Waals surface area contributed by atoms with E-state index < -0.39 is 5.54 Å². The van der Waals surface area contributed by atoms with Gasteiger partial charge in [-0.3, -0.25) is 9.59 Å². The van der Waals surface area contributed by atoms with E-state index in [1.54, 1.807) is 0 Å². The molecule has 86 valence electrons. The smallest absolute Gasteiger partial charge is 0.271 e. The molecule has 0 aromatic carbocycles. The quantitative estimate of drug-likeness (QED) is 0.638. The maximum atomic E-state index is 11.7. The van der Waals surface area contributed by atoms with Crippen molar-refractivity contribution in [1.29, 1.82) is 0 Å². The van der Waals surface area contributed by atoms with Gasteiger partial charge in [-0.25, -0.2) is 4.98 Å². The molecule has 1 heterocycles. The van der Waals surface area contributed by atoms with Crippen molar-refractivity contribution >= 4 is 5.91 Å². The Morgan fingerprint density at radius 3 is 2.81 bits per heavy atom. The average molecular weight is 223 g/mol. The number of nitrogens with one attached hydrogen (secondary N) is 2. The molecule has 3 N–H and O–H groups in total. The van der Waals surface area contributed by atoms with E-state index in [2.05, 4.69) is 15.3 Å². The monoisotopic (exact) mass is 223 g/mol. The fraction of sp³-hybridized carbons (Fsp3) is 0.500. The molecule has 1 aliphatic rings. The first-order valence-corrected chi connectivity index (χ1v) is 5.13. The van der Waals surface area contributed by atoms with Gasteiger partial charge in [0, 0.05) is 6.20 Å². The normalized spacial score (nSPS) is 17.6. The standard InChI is InChI=1S/C10H13N3O3/c14-6-10(2-1-3-10)13-9(16)7-4-12-8(15)5-11-7/h4-5,14H,1-3,6H2,(H,12,15)(H,13,16). The molecular formula is C10H13N3O3. The van der Waals surface area contributed by atoms with Crippen LogP contribution >= 0.6 is 0 Å². The summed E-state index contributed by atoms with van der Waals surface area (Å²) >= 11 is 0. The van der Waals surface area contributed by atoms with Crippen LogP contribution in [0.25, 0.3) is 0 Å². The Labute approximate surface area is 91.7 Å². The predicted molar refractivity (Wildman–Crippen MR) is 56.0 cm³/mol. The zero-order valence-corrected chi connectivity index (χ0v) is 8.69. The van der Waals surface area contributed by atoms with Crippen LogP contribution in [0, 0.1) is 0 Å². The maximum Gasteiger partial charge on any atom is 0.271 e. The number of hydrogen-bond donors (Lipinski definition) is 3. The number of aliphatic hydroxyl groups excluding tert-OH is 1. The number of carbonyl (C=O) groups is 1. The first-order valence-electron chi connectivity index (χ1n) is 5.13. The lowest BCUT2D eigenvalue weighted by atomic mass is 9.77. The van der Waals surface area contributed by atoms with E-state index >= 15 is 0 Å². The molecule has 6 heteroatoms. The van der Waals surface area contributed by atoms with Crippen molar-refractivity contribution in [2.75, 3.05) is 6.61 Å². The lowest BCUT2D eigenvalue weighted by Gasteiger charge is -2.40. The summed E-state index contributed by atoms with van der Waals surface area (Å²) in [6.07, 6.45) is 4.87. The van der Waals surface area contributed by atoms with Crippen molar-refractivity contribution in [1.82, 2.24) is 15.3 Å². The largest absolute Gasteiger partial charge is 0.394 e. The molecule has 0 bridgehead atoms. The van der Waals surface area contributed by atoms with Gasteiger partial charge < -0.3 is 15.4 Å². The lowest BCUT2D eigenvalue weighted by Crippen LogP contribution is -2.56. The second-order valence-electron chi connectivity index (χ2n) is 4.04. The molecule has 0 unspecified atom stereocenters. The van der Waals surface area contributed by atoms with Gasteiger partial charge in [0.1, 0.15) is 5.69 Å². The first kappa shape index (κ1) is 10.8. The van der Waals surface area contributed by atoms with E-state index in [9.17, 15) is 14.7 Å². The van der Waals surface area contributed by atoms with E-state index in [4.69, 9.17) is 0 Å². The molecule has 6 nitrogen and oxygen atoms in total. The highest BCUT2D eigenvalue weighted by atomic mass is 16.3. The minimum Gasteiger partial charge on any atom is -0.394 e. The van der Waals surface area contributed by atoms with Crippen molar-refractivity contribution < 1.29 is 9.90 Å². The summed E-state index contributed by atoms with van der Waals surface area (Å²) in [7, 11) is 0. The van der Waals surface area contributed by atoms with E-state index in [-0.39, 0.29) is 23.8 Å². The van der Waals surface area contributed by atoms with Crippen molar-refractivity contribution in [3.05, 3.63) is 28.4 Å². The fourth-order valence-electron chi connectivity index (χ4n) is 1.70. The molecule has 0 radical (unpaired) electrons. The summed E-state index contributed by atoms with van der Waals surface area (Å²) in [6, 6.07) is 0. The van der Waals surface area contributed by atoms with Crippen LogP contribution in [0.4, 0.5) is 0 Å². The number of aromatic amines is 1. The molecule has 1 aliphatic carbocycles. The van der Waals surface area contributed by atoms with Crippen LogP contribution in [0.3, 0.4) is 0 Å². The Balaban J connectivity index is 2.08. The molecule has 0 spiro atoms. The minimum absolute atomic E-state index is 0.0674. The average Bonchev–Trinajstić information content (AvgIpc) is 2.24. The van der Waals surface area contributed by atoms with Crippen LogP contribution in [-0.2, 0) is 0 Å². The minimum atomic E-state index is -0.491. The Hall–Kier alpha value is -1.69. The van der Waals surface area contributed by atoms with E-state index in [1.807, 2.05) is 0 Å². The summed E-state index contributed by atoms with van der Waals surface area (Å²) in [5.41, 5.74) is -0.689. The molecule has 2 rings (SSSR count). The summed E-state index contributed by atoms with van der Waals surface area (Å²) in [6.45, 7) is -0.0674. The Kier molecular flexibility index (Phi) is 2.74. The maximum absolute atomic E-state index is 11.7. The summed E-state index contributed by atoms with van der Waals surface area (Å²) < 4.78 is 0. The van der Waals surface area contributed by atoms with Crippen molar-refractivity contribution in [3.63, 3.8) is 0 Å². The molecule has 1 amide bonds. The van der Waals surface area contributed by atoms with Gasteiger partial charge in [0.05, 0.1) is 18.3 Å². The van der Waals surface area contributed by atoms with Gasteiger partial charge in [-0.1, -0.05) is 0 Å². The zero-order chi connectivity index (χ0) is 11.6. The number of H-pyrrole nitrogens is 1. The molecule has 1 fully saturated rings. The number of rotatable bonds is 3. The third-order valence-electron chi connectivity index (χ3n) is 2.90. The molecule has 0 aliphatic heterocycles. The first-order chi connectivity index (χ1) is 7.65. The summed E-state index contributed by atoms with van der Waals surface area (Å²) in [5, 5.41) is 11.9. The second kappa shape index (κ2) is 4.05. The molecule has 16 heavy (non-hydrogen) atoms. The van der Waals surface area contributed by atoms with Crippen molar-refractivity contribution in [2.45, 2.75) is 24.8 Å². The number of amides is 1. The van der Waals surface area contributed by atoms with Gasteiger partial charge in [0.2, 0.25) is 0 Å². The van der Waals surface area contributed by atoms with Gasteiger partial charge >= 0.3 is 0 Å². The van der Waals surface area contributed by atoms with E-state index in [0.717, 1.165) is 25.5 Å². The highest BCUT2D eigenvalue weighted by Gasteiger charge is 2.38. The van der Waals surface area contributed by atoms with E-state index in [0.29, 0.717) is 0 Å². The van der Waals surface area contributed by atoms with Gasteiger partial charge in [-0.05, 0) is 19.3 Å². The van der Waals surface area contributed by atoms with Crippen LogP contribution < -0.4 is 10.9 Å². The van der Waals surface area contributed by atoms with Gasteiger partial charge in [-0.15, -0.1) is 0 Å². The van der Waals surface area contributed by atoms with Crippen molar-refractivity contribution in [3.8, 4) is 0 Å². The van der Waals surface area contributed by atoms with Gasteiger partial charge in [0.25, 0.3) is 11.5 Å². The van der Waals surface area contributed by atoms with Crippen LogP contribution in [0.15, 0.2) is 17.2 Å². The number of hydrogen-bond acceptors (Lipinski definition) is 4. The highest BCUT2D eigenvalue weighted by molar-refractivity contribution is 5.92. The number of aromatic nitrogens is 2. The lowest BCUT2D eigenvalue weighted by molar-refractivity contribution is 0.0637. The molecular weight excluding hydrogens is 210 g/mol. The SMILES string of the molecule is O=C(NC1(CO)CCC1)c1c[nH]c(=O)cn1. The van der Waals surface area contributed by atoms with Gasteiger partial charge in [0.15, 0.2) is 0 Å². The Bertz CT molecular complexity index is 425. The highest BCUT2D eigenvalue weighted by Crippen LogP contribution is 2.31. The second-order valence-corrected chi connectivity index (χ2v) is 4.04. The topological polar surface area (TPSA) is 95.1 Å². The molecule has 1 aromatic heterocycles. The molecule has 0 saturated heterocycles. The van der Waals surface area contributed by atoms with Crippen LogP contribution in [0.5, 0.6) is 0 Å². The van der Waals surface area contributed by atoms with Gasteiger partial charge in [-0.2, -0.15) is 0 Å². The number of aliphatic hydroxyl groups is 1. The summed E-state index contributed by atoms with van der Waals surface area (Å²) in [4.78, 5) is 28.6. The zero-order valence-electron chi connectivity index (χ0n) is 8.69. The van der Waals surface area contributed by atoms with Crippen LogP contribution in [-0.4, -0.2) is 33.1 Å². The van der Waals surface area contributed by atoms with E-state index in [1.165, 1.54) is 6.20 Å².